The standard InChI is InChI=1S/C17H19N3O2/c21-17(19-18-12-15-8-5-11-22-15)16-9-4-10-20(16)13-14-6-2-1-3-7-14/h1-3,5-8,11-12,16H,4,9-10,13H2,(H,19,21)/b18-12+/t16-/m0/s1. The number of hydrazone groups is 1. The molecule has 0 bridgehead atoms. The van der Waals surface area contributed by atoms with Gasteiger partial charge in [-0.2, -0.15) is 5.10 Å². The molecule has 114 valence electrons. The van der Waals surface area contributed by atoms with Crippen molar-refractivity contribution in [2.75, 3.05) is 6.54 Å². The highest BCUT2D eigenvalue weighted by molar-refractivity contribution is 5.84. The third-order valence-electron chi connectivity index (χ3n) is 3.80. The first-order valence-corrected chi connectivity index (χ1v) is 7.47. The SMILES string of the molecule is O=C(N/N=C/c1ccco1)[C@@H]1CCCN1Cc1ccccc1. The summed E-state index contributed by atoms with van der Waals surface area (Å²) in [7, 11) is 0. The number of furan rings is 1. The topological polar surface area (TPSA) is 57.8 Å². The number of nitrogens with one attached hydrogen (secondary N) is 1. The minimum Gasteiger partial charge on any atom is -0.463 e. The van der Waals surface area contributed by atoms with Crippen LogP contribution in [0.4, 0.5) is 0 Å². The fourth-order valence-electron chi connectivity index (χ4n) is 2.73. The molecule has 0 unspecified atom stereocenters. The number of hydrogen-bond acceptors (Lipinski definition) is 4. The van der Waals surface area contributed by atoms with Crippen LogP contribution in [-0.2, 0) is 11.3 Å². The first kappa shape index (κ1) is 14.5. The second-order valence-electron chi connectivity index (χ2n) is 5.36. The number of carbonyl (C=O) groups is 1. The molecule has 0 radical (unpaired) electrons. The summed E-state index contributed by atoms with van der Waals surface area (Å²) < 4.78 is 5.13. The van der Waals surface area contributed by atoms with Gasteiger partial charge in [-0.05, 0) is 37.1 Å². The highest BCUT2D eigenvalue weighted by Gasteiger charge is 2.30. The van der Waals surface area contributed by atoms with Gasteiger partial charge < -0.3 is 4.42 Å². The predicted octanol–water partition coefficient (Wildman–Crippen LogP) is 2.39. The largest absolute Gasteiger partial charge is 0.463 e. The lowest BCUT2D eigenvalue weighted by Crippen LogP contribution is -2.41. The Morgan fingerprint density at radius 2 is 2.18 bits per heavy atom. The molecule has 1 amide bonds. The summed E-state index contributed by atoms with van der Waals surface area (Å²) in [5.74, 6) is 0.559. The van der Waals surface area contributed by atoms with Crippen molar-refractivity contribution in [1.82, 2.24) is 10.3 Å². The number of amides is 1. The number of carbonyl (C=O) groups excluding carboxylic acids is 1. The van der Waals surface area contributed by atoms with Gasteiger partial charge in [0.15, 0.2) is 0 Å². The Morgan fingerprint density at radius 1 is 1.32 bits per heavy atom. The van der Waals surface area contributed by atoms with Gasteiger partial charge in [0, 0.05) is 6.54 Å². The van der Waals surface area contributed by atoms with Crippen molar-refractivity contribution in [2.24, 2.45) is 5.10 Å². The molecule has 0 aliphatic carbocycles. The second-order valence-corrected chi connectivity index (χ2v) is 5.36. The zero-order chi connectivity index (χ0) is 15.2. The van der Waals surface area contributed by atoms with Crippen LogP contribution in [0.3, 0.4) is 0 Å². The van der Waals surface area contributed by atoms with Gasteiger partial charge in [-0.25, -0.2) is 5.43 Å². The molecule has 0 spiro atoms. The Bertz CT molecular complexity index is 623. The Labute approximate surface area is 129 Å². The fourth-order valence-corrected chi connectivity index (χ4v) is 2.73. The minimum atomic E-state index is -0.117. The van der Waals surface area contributed by atoms with Crippen molar-refractivity contribution in [3.8, 4) is 0 Å². The fraction of sp³-hybridized carbons (Fsp3) is 0.294. The van der Waals surface area contributed by atoms with Gasteiger partial charge in [0.1, 0.15) is 5.76 Å². The van der Waals surface area contributed by atoms with Gasteiger partial charge in [-0.15, -0.1) is 0 Å². The molecule has 22 heavy (non-hydrogen) atoms. The van der Waals surface area contributed by atoms with Crippen molar-refractivity contribution in [3.05, 3.63) is 60.1 Å². The molecule has 3 rings (SSSR count). The van der Waals surface area contributed by atoms with Crippen LogP contribution in [0.25, 0.3) is 0 Å². The molecule has 1 N–H and O–H groups in total. The van der Waals surface area contributed by atoms with E-state index in [1.807, 2.05) is 18.2 Å². The molecule has 1 fully saturated rings. The third kappa shape index (κ3) is 3.62. The van der Waals surface area contributed by atoms with Gasteiger partial charge in [0.05, 0.1) is 18.5 Å². The maximum atomic E-state index is 12.3. The Morgan fingerprint density at radius 3 is 2.95 bits per heavy atom. The van der Waals surface area contributed by atoms with E-state index in [0.717, 1.165) is 25.9 Å². The Kier molecular flexibility index (Phi) is 4.65. The van der Waals surface area contributed by atoms with Crippen LogP contribution in [0.2, 0.25) is 0 Å². The summed E-state index contributed by atoms with van der Waals surface area (Å²) in [4.78, 5) is 14.5. The average molecular weight is 297 g/mol. The van der Waals surface area contributed by atoms with Crippen molar-refractivity contribution >= 4 is 12.1 Å². The molecule has 5 heteroatoms. The van der Waals surface area contributed by atoms with E-state index in [4.69, 9.17) is 4.42 Å². The molecule has 1 saturated heterocycles. The quantitative estimate of drug-likeness (QED) is 0.681. The van der Waals surface area contributed by atoms with Crippen molar-refractivity contribution in [2.45, 2.75) is 25.4 Å². The van der Waals surface area contributed by atoms with E-state index in [1.165, 1.54) is 11.8 Å². The number of hydrogen-bond donors (Lipinski definition) is 1. The first-order chi connectivity index (χ1) is 10.8. The van der Waals surface area contributed by atoms with E-state index in [9.17, 15) is 4.79 Å². The summed E-state index contributed by atoms with van der Waals surface area (Å²) in [6.45, 7) is 1.73. The molecule has 5 nitrogen and oxygen atoms in total. The molecular formula is C17H19N3O2. The molecule has 1 aliphatic heterocycles. The second kappa shape index (κ2) is 7.04. The van der Waals surface area contributed by atoms with Crippen LogP contribution in [-0.4, -0.2) is 29.6 Å². The molecule has 1 aromatic heterocycles. The molecule has 1 atom stereocenters. The van der Waals surface area contributed by atoms with Crippen molar-refractivity contribution in [1.29, 1.82) is 0 Å². The van der Waals surface area contributed by atoms with E-state index < -0.39 is 0 Å². The smallest absolute Gasteiger partial charge is 0.257 e. The van der Waals surface area contributed by atoms with E-state index >= 15 is 0 Å². The lowest BCUT2D eigenvalue weighted by molar-refractivity contribution is -0.125. The van der Waals surface area contributed by atoms with Gasteiger partial charge >= 0.3 is 0 Å². The lowest BCUT2D eigenvalue weighted by atomic mass is 10.2. The van der Waals surface area contributed by atoms with Crippen molar-refractivity contribution in [3.63, 3.8) is 0 Å². The summed E-state index contributed by atoms with van der Waals surface area (Å²) in [6.07, 6.45) is 4.98. The molecule has 2 heterocycles. The van der Waals surface area contributed by atoms with Gasteiger partial charge in [0.25, 0.3) is 5.91 Å². The van der Waals surface area contributed by atoms with Gasteiger partial charge in [-0.3, -0.25) is 9.69 Å². The third-order valence-corrected chi connectivity index (χ3v) is 3.80. The summed E-state index contributed by atoms with van der Waals surface area (Å²) >= 11 is 0. The van der Waals surface area contributed by atoms with Crippen LogP contribution in [0, 0.1) is 0 Å². The van der Waals surface area contributed by atoms with Crippen molar-refractivity contribution < 1.29 is 9.21 Å². The molecule has 0 saturated carbocycles. The van der Waals surface area contributed by atoms with E-state index in [1.54, 1.807) is 18.4 Å². The van der Waals surface area contributed by atoms with Crippen LogP contribution in [0.1, 0.15) is 24.2 Å². The van der Waals surface area contributed by atoms with Crippen LogP contribution >= 0.6 is 0 Å². The maximum Gasteiger partial charge on any atom is 0.257 e. The lowest BCUT2D eigenvalue weighted by Gasteiger charge is -2.22. The summed E-state index contributed by atoms with van der Waals surface area (Å²) in [5, 5.41) is 3.95. The molecule has 1 aliphatic rings. The average Bonchev–Trinajstić information content (AvgIpc) is 3.20. The number of likely N-dealkylation sites (tertiary alicyclic amines) is 1. The molecule has 1 aromatic carbocycles. The van der Waals surface area contributed by atoms with Gasteiger partial charge in [0.2, 0.25) is 0 Å². The zero-order valence-corrected chi connectivity index (χ0v) is 12.3. The zero-order valence-electron chi connectivity index (χ0n) is 12.3. The van der Waals surface area contributed by atoms with Crippen LogP contribution in [0.5, 0.6) is 0 Å². The van der Waals surface area contributed by atoms with E-state index in [2.05, 4.69) is 27.6 Å². The predicted molar refractivity (Wildman–Crippen MR) is 84.3 cm³/mol. The highest BCUT2D eigenvalue weighted by Crippen LogP contribution is 2.20. The number of rotatable bonds is 5. The number of benzene rings is 1. The van der Waals surface area contributed by atoms with Gasteiger partial charge in [-0.1, -0.05) is 30.3 Å². The molecular weight excluding hydrogens is 278 g/mol. The monoisotopic (exact) mass is 297 g/mol. The summed E-state index contributed by atoms with van der Waals surface area (Å²) in [6, 6.07) is 13.7. The highest BCUT2D eigenvalue weighted by atomic mass is 16.3. The number of nitrogens with zero attached hydrogens (tertiary/aromatic N) is 2. The Balaban J connectivity index is 1.56. The minimum absolute atomic E-state index is 0.0590. The first-order valence-electron chi connectivity index (χ1n) is 7.47. The van der Waals surface area contributed by atoms with E-state index in [0.29, 0.717) is 5.76 Å². The summed E-state index contributed by atoms with van der Waals surface area (Å²) in [5.41, 5.74) is 3.83. The van der Waals surface area contributed by atoms with E-state index in [-0.39, 0.29) is 11.9 Å². The van der Waals surface area contributed by atoms with Crippen LogP contribution < -0.4 is 5.43 Å². The maximum absolute atomic E-state index is 12.3. The normalized spacial score (nSPS) is 18.8. The van der Waals surface area contributed by atoms with Crippen LogP contribution in [0.15, 0.2) is 58.2 Å². The Hall–Kier alpha value is -2.40. The molecule has 2 aromatic rings.